The first kappa shape index (κ1) is 14.9. The van der Waals surface area contributed by atoms with Crippen LogP contribution in [-0.4, -0.2) is 21.1 Å². The summed E-state index contributed by atoms with van der Waals surface area (Å²) in [7, 11) is 6.10. The zero-order chi connectivity index (χ0) is 14.5. The van der Waals surface area contributed by atoms with E-state index in [9.17, 15) is 0 Å². The quantitative estimate of drug-likeness (QED) is 0.897. The van der Waals surface area contributed by atoms with Crippen molar-refractivity contribution in [3.8, 4) is 0 Å². The van der Waals surface area contributed by atoms with Crippen molar-refractivity contribution in [3.05, 3.63) is 64.7 Å². The molecule has 0 aromatic heterocycles. The Hall–Kier alpha value is -1.51. The molecule has 2 aromatic rings. The number of hydrogen-bond acceptors (Lipinski definition) is 2. The van der Waals surface area contributed by atoms with E-state index in [2.05, 4.69) is 54.6 Å². The number of benzene rings is 2. The molecule has 106 valence electrons. The maximum atomic E-state index is 6.26. The van der Waals surface area contributed by atoms with Crippen LogP contribution in [0, 0.1) is 0 Å². The number of nitrogens with one attached hydrogen (secondary N) is 1. The van der Waals surface area contributed by atoms with Crippen LogP contribution in [0.15, 0.2) is 48.5 Å². The molecule has 0 radical (unpaired) electrons. The van der Waals surface area contributed by atoms with Crippen molar-refractivity contribution in [2.24, 2.45) is 0 Å². The predicted octanol–water partition coefficient (Wildman–Crippen LogP) is 3.91. The van der Waals surface area contributed by atoms with Gasteiger partial charge in [-0.25, -0.2) is 0 Å². The van der Waals surface area contributed by atoms with Crippen LogP contribution in [0.5, 0.6) is 0 Å². The fourth-order valence-corrected chi connectivity index (χ4v) is 2.50. The number of anilines is 1. The minimum absolute atomic E-state index is 0.259. The minimum Gasteiger partial charge on any atom is -0.378 e. The van der Waals surface area contributed by atoms with Gasteiger partial charge < -0.3 is 10.2 Å². The Morgan fingerprint density at radius 3 is 2.50 bits per heavy atom. The Morgan fingerprint density at radius 2 is 1.85 bits per heavy atom. The summed E-state index contributed by atoms with van der Waals surface area (Å²) in [4.78, 5) is 2.12. The maximum absolute atomic E-state index is 6.26. The van der Waals surface area contributed by atoms with Gasteiger partial charge >= 0.3 is 0 Å². The molecule has 0 heterocycles. The highest BCUT2D eigenvalue weighted by Gasteiger charge is 2.12. The molecule has 0 aliphatic carbocycles. The molecule has 2 rings (SSSR count). The molecule has 0 aliphatic heterocycles. The molecule has 0 aliphatic rings. The van der Waals surface area contributed by atoms with Crippen LogP contribution in [0.1, 0.15) is 17.2 Å². The summed E-state index contributed by atoms with van der Waals surface area (Å²) in [6.45, 7) is 0. The molecule has 0 fully saturated rings. The molecule has 0 saturated heterocycles. The van der Waals surface area contributed by atoms with E-state index >= 15 is 0 Å². The molecule has 0 amide bonds. The largest absolute Gasteiger partial charge is 0.378 e. The number of likely N-dealkylation sites (N-methyl/N-ethyl adjacent to an activating group) is 1. The molecule has 0 spiro atoms. The summed E-state index contributed by atoms with van der Waals surface area (Å²) in [6.07, 6.45) is 0.882. The van der Waals surface area contributed by atoms with Gasteiger partial charge in [0.05, 0.1) is 0 Å². The molecule has 0 bridgehead atoms. The third kappa shape index (κ3) is 3.53. The lowest BCUT2D eigenvalue weighted by Crippen LogP contribution is -2.19. The fourth-order valence-electron chi connectivity index (χ4n) is 2.29. The second-order valence-corrected chi connectivity index (χ2v) is 5.53. The monoisotopic (exact) mass is 288 g/mol. The molecule has 0 saturated carbocycles. The van der Waals surface area contributed by atoms with Crippen molar-refractivity contribution in [3.63, 3.8) is 0 Å². The summed E-state index contributed by atoms with van der Waals surface area (Å²) in [6, 6.07) is 16.9. The van der Waals surface area contributed by atoms with Crippen LogP contribution in [0.2, 0.25) is 5.02 Å². The Labute approximate surface area is 126 Å². The van der Waals surface area contributed by atoms with Gasteiger partial charge in [0.25, 0.3) is 0 Å². The van der Waals surface area contributed by atoms with E-state index in [1.165, 1.54) is 16.8 Å². The first-order valence-corrected chi connectivity index (χ1v) is 7.17. The van der Waals surface area contributed by atoms with Gasteiger partial charge in [-0.3, -0.25) is 0 Å². The zero-order valence-corrected chi connectivity index (χ0v) is 13.0. The highest BCUT2D eigenvalue weighted by molar-refractivity contribution is 6.31. The average molecular weight is 289 g/mol. The van der Waals surface area contributed by atoms with Gasteiger partial charge in [0, 0.05) is 30.8 Å². The van der Waals surface area contributed by atoms with Gasteiger partial charge in [-0.1, -0.05) is 41.9 Å². The average Bonchev–Trinajstić information content (AvgIpc) is 2.46. The van der Waals surface area contributed by atoms with E-state index < -0.39 is 0 Å². The summed E-state index contributed by atoms with van der Waals surface area (Å²) in [5, 5.41) is 4.21. The van der Waals surface area contributed by atoms with Crippen molar-refractivity contribution in [1.29, 1.82) is 0 Å². The topological polar surface area (TPSA) is 15.3 Å². The second kappa shape index (κ2) is 6.78. The molecule has 1 atom stereocenters. The highest BCUT2D eigenvalue weighted by atomic mass is 35.5. The van der Waals surface area contributed by atoms with E-state index in [0.29, 0.717) is 0 Å². The van der Waals surface area contributed by atoms with Gasteiger partial charge in [-0.15, -0.1) is 0 Å². The van der Waals surface area contributed by atoms with Crippen molar-refractivity contribution in [1.82, 2.24) is 5.32 Å². The summed E-state index contributed by atoms with van der Waals surface area (Å²) < 4.78 is 0. The van der Waals surface area contributed by atoms with E-state index in [0.717, 1.165) is 11.4 Å². The molecule has 1 N–H and O–H groups in total. The van der Waals surface area contributed by atoms with Crippen molar-refractivity contribution in [2.75, 3.05) is 26.0 Å². The molecule has 3 heteroatoms. The highest BCUT2D eigenvalue weighted by Crippen LogP contribution is 2.25. The second-order valence-electron chi connectivity index (χ2n) is 5.13. The lowest BCUT2D eigenvalue weighted by atomic mass is 9.98. The fraction of sp³-hybridized carbons (Fsp3) is 0.294. The number of hydrogen-bond donors (Lipinski definition) is 1. The predicted molar refractivity (Wildman–Crippen MR) is 87.7 cm³/mol. The summed E-state index contributed by atoms with van der Waals surface area (Å²) >= 11 is 6.26. The van der Waals surface area contributed by atoms with Crippen LogP contribution >= 0.6 is 11.6 Å². The smallest absolute Gasteiger partial charge is 0.0438 e. The third-order valence-electron chi connectivity index (χ3n) is 3.52. The number of nitrogens with zero attached hydrogens (tertiary/aromatic N) is 1. The van der Waals surface area contributed by atoms with Gasteiger partial charge in [0.2, 0.25) is 0 Å². The van der Waals surface area contributed by atoms with Crippen LogP contribution < -0.4 is 10.2 Å². The number of halogens is 1. The Morgan fingerprint density at radius 1 is 1.10 bits per heavy atom. The van der Waals surface area contributed by atoms with E-state index in [4.69, 9.17) is 11.6 Å². The Kier molecular flexibility index (Phi) is 5.05. The van der Waals surface area contributed by atoms with Gasteiger partial charge in [-0.2, -0.15) is 0 Å². The molecule has 1 unspecified atom stereocenters. The SMILES string of the molecule is CNC(Cc1ccccc1Cl)c1cccc(N(C)C)c1. The maximum Gasteiger partial charge on any atom is 0.0438 e. The van der Waals surface area contributed by atoms with Gasteiger partial charge in [0.15, 0.2) is 0 Å². The standard InChI is InChI=1S/C17H21ClN2/c1-19-17(12-13-7-4-5-10-16(13)18)14-8-6-9-15(11-14)20(2)3/h4-11,17,19H,12H2,1-3H3. The first-order valence-electron chi connectivity index (χ1n) is 6.79. The number of rotatable bonds is 5. The van der Waals surface area contributed by atoms with Crippen molar-refractivity contribution < 1.29 is 0 Å². The molecule has 20 heavy (non-hydrogen) atoms. The van der Waals surface area contributed by atoms with Crippen LogP contribution in [0.4, 0.5) is 5.69 Å². The molecular formula is C17H21ClN2. The van der Waals surface area contributed by atoms with Crippen LogP contribution in [0.3, 0.4) is 0 Å². The lowest BCUT2D eigenvalue weighted by Gasteiger charge is -2.20. The van der Waals surface area contributed by atoms with Crippen molar-refractivity contribution >= 4 is 17.3 Å². The van der Waals surface area contributed by atoms with Crippen LogP contribution in [0.25, 0.3) is 0 Å². The van der Waals surface area contributed by atoms with E-state index in [1.54, 1.807) is 0 Å². The third-order valence-corrected chi connectivity index (χ3v) is 3.89. The van der Waals surface area contributed by atoms with Gasteiger partial charge in [-0.05, 0) is 42.8 Å². The molecular weight excluding hydrogens is 268 g/mol. The van der Waals surface area contributed by atoms with Gasteiger partial charge in [0.1, 0.15) is 0 Å². The molecule has 2 aromatic carbocycles. The van der Waals surface area contributed by atoms with E-state index in [-0.39, 0.29) is 6.04 Å². The normalized spacial score (nSPS) is 12.2. The molecule has 2 nitrogen and oxygen atoms in total. The lowest BCUT2D eigenvalue weighted by molar-refractivity contribution is 0.592. The van der Waals surface area contributed by atoms with Crippen molar-refractivity contribution in [2.45, 2.75) is 12.5 Å². The Balaban J connectivity index is 2.24. The first-order chi connectivity index (χ1) is 9.61. The summed E-state index contributed by atoms with van der Waals surface area (Å²) in [5.41, 5.74) is 3.66. The zero-order valence-electron chi connectivity index (χ0n) is 12.2. The minimum atomic E-state index is 0.259. The van der Waals surface area contributed by atoms with Crippen LogP contribution in [-0.2, 0) is 6.42 Å². The van der Waals surface area contributed by atoms with E-state index in [1.807, 2.05) is 25.2 Å². The summed E-state index contributed by atoms with van der Waals surface area (Å²) in [5.74, 6) is 0. The Bertz CT molecular complexity index is 566.